The summed E-state index contributed by atoms with van der Waals surface area (Å²) in [6, 6.07) is 27.6. The molecule has 0 spiro atoms. The van der Waals surface area contributed by atoms with E-state index < -0.39 is 12.2 Å². The summed E-state index contributed by atoms with van der Waals surface area (Å²) in [5.41, 5.74) is 3.52. The lowest BCUT2D eigenvalue weighted by Gasteiger charge is -2.46. The highest BCUT2D eigenvalue weighted by atomic mass is 16.2. The van der Waals surface area contributed by atoms with E-state index in [-0.39, 0.29) is 37.5 Å². The van der Waals surface area contributed by atoms with Crippen LogP contribution in [0.15, 0.2) is 110 Å². The van der Waals surface area contributed by atoms with Crippen molar-refractivity contribution in [3.63, 3.8) is 0 Å². The van der Waals surface area contributed by atoms with Crippen LogP contribution in [0.1, 0.15) is 22.7 Å². The van der Waals surface area contributed by atoms with E-state index in [0.717, 1.165) is 27.6 Å². The number of urea groups is 1. The lowest BCUT2D eigenvalue weighted by molar-refractivity contribution is -0.158. The van der Waals surface area contributed by atoms with E-state index in [2.05, 4.69) is 16.9 Å². The van der Waals surface area contributed by atoms with Crippen molar-refractivity contribution in [3.8, 4) is 0 Å². The second-order valence-corrected chi connectivity index (χ2v) is 10.4. The van der Waals surface area contributed by atoms with Crippen LogP contribution in [0.5, 0.6) is 0 Å². The zero-order chi connectivity index (χ0) is 29.1. The van der Waals surface area contributed by atoms with Gasteiger partial charge in [0.15, 0.2) is 0 Å². The van der Waals surface area contributed by atoms with Gasteiger partial charge in [-0.2, -0.15) is 5.01 Å². The third kappa shape index (κ3) is 5.22. The Morgan fingerprint density at radius 2 is 1.69 bits per heavy atom. The molecule has 9 heteroatoms. The van der Waals surface area contributed by atoms with Gasteiger partial charge >= 0.3 is 6.03 Å². The second kappa shape index (κ2) is 11.8. The molecule has 2 fully saturated rings. The molecule has 42 heavy (non-hydrogen) atoms. The molecular weight excluding hydrogens is 528 g/mol. The summed E-state index contributed by atoms with van der Waals surface area (Å²) < 4.78 is 0. The molecule has 212 valence electrons. The van der Waals surface area contributed by atoms with E-state index in [0.29, 0.717) is 13.1 Å². The van der Waals surface area contributed by atoms with Crippen LogP contribution in [0.25, 0.3) is 10.9 Å². The van der Waals surface area contributed by atoms with Crippen LogP contribution in [-0.4, -0.2) is 68.4 Å². The second-order valence-electron chi connectivity index (χ2n) is 10.4. The third-order valence-corrected chi connectivity index (χ3v) is 7.81. The first-order valence-corrected chi connectivity index (χ1v) is 14.0. The summed E-state index contributed by atoms with van der Waals surface area (Å²) in [6.45, 7) is 4.96. The number of piperazine rings is 1. The molecule has 0 saturated carbocycles. The van der Waals surface area contributed by atoms with Crippen molar-refractivity contribution < 1.29 is 14.4 Å². The van der Waals surface area contributed by atoms with Gasteiger partial charge in [0, 0.05) is 24.7 Å². The summed E-state index contributed by atoms with van der Waals surface area (Å²) in [5.74, 6) is -0.363. The van der Waals surface area contributed by atoms with E-state index in [1.165, 1.54) is 5.01 Å². The number of hydrazine groups is 1. The summed E-state index contributed by atoms with van der Waals surface area (Å²) in [4.78, 5) is 49.2. The van der Waals surface area contributed by atoms with Gasteiger partial charge in [0.1, 0.15) is 12.2 Å². The quantitative estimate of drug-likeness (QED) is 0.328. The van der Waals surface area contributed by atoms with Crippen molar-refractivity contribution >= 4 is 28.7 Å². The normalized spacial score (nSPS) is 18.7. The first-order chi connectivity index (χ1) is 20.5. The zero-order valence-corrected chi connectivity index (χ0v) is 23.2. The fourth-order valence-corrected chi connectivity index (χ4v) is 5.83. The van der Waals surface area contributed by atoms with Gasteiger partial charge in [-0.1, -0.05) is 84.9 Å². The largest absolute Gasteiger partial charge is 0.333 e. The zero-order valence-electron chi connectivity index (χ0n) is 23.2. The van der Waals surface area contributed by atoms with Crippen molar-refractivity contribution in [2.75, 3.05) is 19.6 Å². The standard InChI is InChI=1S/C33H32N6O3/c1-2-19-37(33(42)35-20-24-11-5-3-6-12-24)38-23-30(40)39-29(38)22-36(32(41)31(39)25-13-7-4-8-14-25)21-26-17-18-34-28-16-10-9-15-27(26)28/h2-18,29,31H,1,19-23H2,(H,35,42)/t29-,31+/m1/s1. The van der Waals surface area contributed by atoms with Crippen molar-refractivity contribution in [1.29, 1.82) is 0 Å². The fraction of sp³-hybridized carbons (Fsp3) is 0.212. The minimum Gasteiger partial charge on any atom is -0.333 e. The highest BCUT2D eigenvalue weighted by Crippen LogP contribution is 2.36. The van der Waals surface area contributed by atoms with Gasteiger partial charge in [0.25, 0.3) is 5.91 Å². The fourth-order valence-electron chi connectivity index (χ4n) is 5.83. The number of nitrogens with one attached hydrogen (secondary N) is 1. The number of amides is 4. The Morgan fingerprint density at radius 3 is 2.45 bits per heavy atom. The number of rotatable bonds is 8. The predicted octanol–water partition coefficient (Wildman–Crippen LogP) is 4.10. The molecule has 6 rings (SSSR count). The van der Waals surface area contributed by atoms with Crippen LogP contribution in [0.2, 0.25) is 0 Å². The first kappa shape index (κ1) is 27.2. The molecule has 0 bridgehead atoms. The van der Waals surface area contributed by atoms with Crippen molar-refractivity contribution in [1.82, 2.24) is 30.1 Å². The number of fused-ring (bicyclic) bond motifs is 2. The maximum atomic E-state index is 14.1. The molecule has 1 N–H and O–H groups in total. The SMILES string of the molecule is C=CCN(C(=O)NCc1ccccc1)N1CC(=O)N2[C@@H](c3ccccc3)C(=O)N(Cc3ccnc4ccccc34)C[C@@H]21. The Labute approximate surface area is 244 Å². The number of pyridine rings is 1. The number of hydrogen-bond donors (Lipinski definition) is 1. The van der Waals surface area contributed by atoms with Gasteiger partial charge in [0.2, 0.25) is 5.91 Å². The minimum atomic E-state index is -0.812. The molecule has 4 amide bonds. The van der Waals surface area contributed by atoms with Crippen LogP contribution in [-0.2, 0) is 22.7 Å². The number of benzene rings is 3. The summed E-state index contributed by atoms with van der Waals surface area (Å²) >= 11 is 0. The van der Waals surface area contributed by atoms with Crippen molar-refractivity contribution in [3.05, 3.63) is 127 Å². The molecule has 2 atom stereocenters. The summed E-state index contributed by atoms with van der Waals surface area (Å²) in [6.07, 6.45) is 2.84. The molecule has 1 aromatic heterocycles. The van der Waals surface area contributed by atoms with Crippen LogP contribution in [0.3, 0.4) is 0 Å². The van der Waals surface area contributed by atoms with Gasteiger partial charge < -0.3 is 15.1 Å². The topological polar surface area (TPSA) is 89.1 Å². The van der Waals surface area contributed by atoms with Gasteiger partial charge in [0.05, 0.1) is 25.2 Å². The number of carbonyl (C=O) groups excluding carboxylic acids is 3. The molecule has 0 unspecified atom stereocenters. The van der Waals surface area contributed by atoms with E-state index in [9.17, 15) is 14.4 Å². The first-order valence-electron chi connectivity index (χ1n) is 14.0. The Kier molecular flexibility index (Phi) is 7.66. The maximum absolute atomic E-state index is 14.1. The summed E-state index contributed by atoms with van der Waals surface area (Å²) in [5, 5.41) is 7.24. The average Bonchev–Trinajstić information content (AvgIpc) is 3.35. The number of hydrogen-bond acceptors (Lipinski definition) is 5. The number of carbonyl (C=O) groups is 3. The molecular formula is C33H32N6O3. The molecule has 3 heterocycles. The molecule has 2 aliphatic heterocycles. The number of para-hydroxylation sites is 1. The van der Waals surface area contributed by atoms with Gasteiger partial charge in [-0.25, -0.2) is 4.79 Å². The number of nitrogens with zero attached hydrogens (tertiary/aromatic N) is 5. The van der Waals surface area contributed by atoms with Crippen molar-refractivity contribution in [2.24, 2.45) is 0 Å². The maximum Gasteiger partial charge on any atom is 0.332 e. The molecule has 0 radical (unpaired) electrons. The molecule has 9 nitrogen and oxygen atoms in total. The molecule has 2 aliphatic rings. The smallest absolute Gasteiger partial charge is 0.332 e. The van der Waals surface area contributed by atoms with Crippen LogP contribution >= 0.6 is 0 Å². The molecule has 0 aliphatic carbocycles. The van der Waals surface area contributed by atoms with Crippen molar-refractivity contribution in [2.45, 2.75) is 25.3 Å². The average molecular weight is 561 g/mol. The minimum absolute atomic E-state index is 0.0279. The van der Waals surface area contributed by atoms with E-state index >= 15 is 0 Å². The van der Waals surface area contributed by atoms with Crippen LogP contribution in [0, 0.1) is 0 Å². The van der Waals surface area contributed by atoms with Crippen LogP contribution < -0.4 is 5.32 Å². The van der Waals surface area contributed by atoms with Gasteiger partial charge in [-0.3, -0.25) is 19.6 Å². The van der Waals surface area contributed by atoms with Crippen LogP contribution in [0.4, 0.5) is 4.79 Å². The highest BCUT2D eigenvalue weighted by molar-refractivity contribution is 5.93. The lowest BCUT2D eigenvalue weighted by atomic mass is 9.99. The third-order valence-electron chi connectivity index (χ3n) is 7.81. The lowest BCUT2D eigenvalue weighted by Crippen LogP contribution is -2.62. The Bertz CT molecular complexity index is 1610. The summed E-state index contributed by atoms with van der Waals surface area (Å²) in [7, 11) is 0. The molecule has 3 aromatic carbocycles. The monoisotopic (exact) mass is 560 g/mol. The van der Waals surface area contributed by atoms with E-state index in [1.54, 1.807) is 27.1 Å². The Balaban J connectivity index is 1.33. The Morgan fingerprint density at radius 1 is 0.976 bits per heavy atom. The van der Waals surface area contributed by atoms with E-state index in [4.69, 9.17) is 0 Å². The molecule has 4 aromatic rings. The number of aromatic nitrogens is 1. The Hall–Kier alpha value is -5.02. The highest BCUT2D eigenvalue weighted by Gasteiger charge is 2.52. The molecule has 2 saturated heterocycles. The predicted molar refractivity (Wildman–Crippen MR) is 159 cm³/mol. The van der Waals surface area contributed by atoms with Gasteiger partial charge in [-0.05, 0) is 28.8 Å². The van der Waals surface area contributed by atoms with E-state index in [1.807, 2.05) is 91.0 Å². The van der Waals surface area contributed by atoms with Gasteiger partial charge in [-0.15, -0.1) is 6.58 Å².